The van der Waals surface area contributed by atoms with Crippen molar-refractivity contribution in [1.29, 1.82) is 0 Å². The summed E-state index contributed by atoms with van der Waals surface area (Å²) in [7, 11) is 1.88. The van der Waals surface area contributed by atoms with Crippen molar-refractivity contribution in [3.05, 3.63) is 64.7 Å². The molecule has 0 spiro atoms. The molecule has 0 radical (unpaired) electrons. The van der Waals surface area contributed by atoms with Crippen molar-refractivity contribution in [3.63, 3.8) is 0 Å². The van der Waals surface area contributed by atoms with Crippen LogP contribution in [0.15, 0.2) is 42.5 Å². The highest BCUT2D eigenvalue weighted by Crippen LogP contribution is 2.34. The van der Waals surface area contributed by atoms with Gasteiger partial charge in [-0.3, -0.25) is 14.5 Å². The minimum Gasteiger partial charge on any atom is -0.494 e. The van der Waals surface area contributed by atoms with Gasteiger partial charge in [0.05, 0.1) is 13.2 Å². The summed E-state index contributed by atoms with van der Waals surface area (Å²) in [5.74, 6) is 2.85. The van der Waals surface area contributed by atoms with Gasteiger partial charge < -0.3 is 35.4 Å². The average Bonchev–Trinajstić information content (AvgIpc) is 3.03. The number of likely N-dealkylation sites (N-methyl/N-ethyl adjacent to an activating group) is 1. The average molecular weight is 668 g/mol. The topological polar surface area (TPSA) is 141 Å². The van der Waals surface area contributed by atoms with E-state index in [-0.39, 0.29) is 11.8 Å². The number of aliphatic hydroxyl groups excluding tert-OH is 3. The maximum atomic E-state index is 12.5. The molecule has 0 aromatic heterocycles. The normalized spacial score (nSPS) is 21.0. The minimum absolute atomic E-state index is 0.187. The van der Waals surface area contributed by atoms with Gasteiger partial charge in [0, 0.05) is 25.8 Å². The highest BCUT2D eigenvalue weighted by molar-refractivity contribution is 7.87. The Labute approximate surface area is 282 Å². The standard InChI is InChI=1S/C36H49N3O7S/c1-7-18-39(5)19-17-37-35(44)36(3,4)38-30(40)10-8-9-20-45-28-15-12-25(13-16-28)21-27-22-26(14-11-24(27)2)34-33(43)32(42)31(41)29(46-34)23-47-6/h1,11-16,22,29,31-34,41-43H,8-10,17-21H2,2-6H3,(H,37,44)(H,38,40)/t29?,31-,32+,33-,34+/m1/s1. The van der Waals surface area contributed by atoms with Crippen LogP contribution in [0.2, 0.25) is 0 Å². The predicted octanol–water partition coefficient (Wildman–Crippen LogP) is 2.56. The zero-order valence-corrected chi connectivity index (χ0v) is 28.8. The molecule has 2 amide bonds. The summed E-state index contributed by atoms with van der Waals surface area (Å²) in [6.45, 7) is 7.41. The first-order valence-electron chi connectivity index (χ1n) is 15.9. The number of ether oxygens (including phenoxy) is 2. The fourth-order valence-corrected chi connectivity index (χ4v) is 5.64. The van der Waals surface area contributed by atoms with E-state index in [1.54, 1.807) is 20.1 Å². The number of nitrogens with one attached hydrogen (secondary N) is 2. The van der Waals surface area contributed by atoms with Crippen LogP contribution in [0.3, 0.4) is 0 Å². The van der Waals surface area contributed by atoms with Gasteiger partial charge in [-0.25, -0.2) is 0 Å². The third-order valence-electron chi connectivity index (χ3n) is 8.09. The van der Waals surface area contributed by atoms with Crippen molar-refractivity contribution in [1.82, 2.24) is 15.5 Å². The van der Waals surface area contributed by atoms with Crippen LogP contribution in [-0.2, 0) is 20.7 Å². The van der Waals surface area contributed by atoms with Crippen LogP contribution >= 0.6 is 11.2 Å². The molecule has 1 unspecified atom stereocenters. The van der Waals surface area contributed by atoms with Crippen molar-refractivity contribution in [3.8, 4) is 23.3 Å². The van der Waals surface area contributed by atoms with Crippen molar-refractivity contribution in [2.75, 3.05) is 39.5 Å². The van der Waals surface area contributed by atoms with Crippen molar-refractivity contribution in [2.45, 2.75) is 82.5 Å². The van der Waals surface area contributed by atoms with E-state index in [0.717, 1.165) is 28.0 Å². The summed E-state index contributed by atoms with van der Waals surface area (Å²) in [5.41, 5.74) is 2.90. The number of aliphatic hydroxyl groups is 3. The van der Waals surface area contributed by atoms with Gasteiger partial charge in [0.15, 0.2) is 0 Å². The van der Waals surface area contributed by atoms with E-state index in [2.05, 4.69) is 21.7 Å². The van der Waals surface area contributed by atoms with E-state index >= 15 is 0 Å². The molecule has 256 valence electrons. The fraction of sp³-hybridized carbons (Fsp3) is 0.528. The number of unbranched alkanes of at least 4 members (excludes halogenated alkanes) is 1. The maximum Gasteiger partial charge on any atom is 0.245 e. The zero-order chi connectivity index (χ0) is 34.6. The Morgan fingerprint density at radius 1 is 1.09 bits per heavy atom. The van der Waals surface area contributed by atoms with Gasteiger partial charge >= 0.3 is 0 Å². The molecule has 2 aromatic carbocycles. The van der Waals surface area contributed by atoms with Crippen LogP contribution in [0, 0.1) is 24.5 Å². The Kier molecular flexibility index (Phi) is 14.7. The number of carbonyl (C=O) groups excluding carboxylic acids is 2. The van der Waals surface area contributed by atoms with Crippen molar-refractivity contribution in [2.24, 2.45) is 0 Å². The SMILES string of the molecule is C#CCN(C)CCNC(=O)C(C)(C)NC(=O)CCCCOc1ccc(Cc2cc([C@@H]3OC(C#SC)[C@@H](O)[C@H](O)[C@H]3O)ccc2C)cc1. The van der Waals surface area contributed by atoms with Crippen LogP contribution in [0.25, 0.3) is 0 Å². The lowest BCUT2D eigenvalue weighted by Gasteiger charge is -2.39. The summed E-state index contributed by atoms with van der Waals surface area (Å²) in [6, 6.07) is 13.6. The van der Waals surface area contributed by atoms with E-state index in [1.807, 2.05) is 61.3 Å². The molecule has 47 heavy (non-hydrogen) atoms. The van der Waals surface area contributed by atoms with Gasteiger partial charge in [0.25, 0.3) is 0 Å². The number of carbonyl (C=O) groups is 2. The number of benzene rings is 2. The van der Waals surface area contributed by atoms with E-state index in [4.69, 9.17) is 15.9 Å². The molecule has 3 rings (SSSR count). The Bertz CT molecular complexity index is 1450. The number of rotatable bonds is 15. The molecule has 1 aliphatic rings. The second kappa shape index (κ2) is 18.2. The van der Waals surface area contributed by atoms with Crippen molar-refractivity contribution < 1.29 is 34.4 Å². The molecule has 11 heteroatoms. The van der Waals surface area contributed by atoms with Gasteiger partial charge in [-0.15, -0.1) is 17.6 Å². The number of nitrogens with zero attached hydrogens (tertiary/aromatic N) is 1. The number of amides is 2. The van der Waals surface area contributed by atoms with E-state index in [9.17, 15) is 24.9 Å². The van der Waals surface area contributed by atoms with Crippen LogP contribution < -0.4 is 15.4 Å². The largest absolute Gasteiger partial charge is 0.494 e. The van der Waals surface area contributed by atoms with Crippen molar-refractivity contribution >= 4 is 23.0 Å². The molecule has 1 saturated heterocycles. The first-order chi connectivity index (χ1) is 22.4. The summed E-state index contributed by atoms with van der Waals surface area (Å²) in [4.78, 5) is 26.9. The Morgan fingerprint density at radius 2 is 1.81 bits per heavy atom. The Balaban J connectivity index is 1.44. The number of aryl methyl sites for hydroxylation is 1. The molecule has 1 heterocycles. The predicted molar refractivity (Wildman–Crippen MR) is 184 cm³/mol. The quantitative estimate of drug-likeness (QED) is 0.144. The molecule has 0 bridgehead atoms. The third-order valence-corrected chi connectivity index (χ3v) is 8.56. The van der Waals surface area contributed by atoms with Crippen LogP contribution in [0.4, 0.5) is 0 Å². The highest BCUT2D eigenvalue weighted by Gasteiger charge is 2.43. The highest BCUT2D eigenvalue weighted by atomic mass is 32.1. The zero-order valence-electron chi connectivity index (χ0n) is 28.0. The van der Waals surface area contributed by atoms with Crippen LogP contribution in [-0.4, -0.2) is 102 Å². The van der Waals surface area contributed by atoms with Crippen LogP contribution in [0.5, 0.6) is 5.75 Å². The number of terminal acetylenes is 1. The van der Waals surface area contributed by atoms with E-state index < -0.39 is 36.1 Å². The lowest BCUT2D eigenvalue weighted by Crippen LogP contribution is -2.55. The second-order valence-electron chi connectivity index (χ2n) is 12.5. The molecule has 0 aliphatic carbocycles. The molecule has 1 aliphatic heterocycles. The van der Waals surface area contributed by atoms with Crippen LogP contribution in [0.1, 0.15) is 61.5 Å². The fourth-order valence-electron chi connectivity index (χ4n) is 5.21. The molecular weight excluding hydrogens is 618 g/mol. The van der Waals surface area contributed by atoms with E-state index in [0.29, 0.717) is 51.9 Å². The molecule has 2 aromatic rings. The molecule has 0 saturated carbocycles. The first kappa shape index (κ1) is 38.0. The first-order valence-corrected chi connectivity index (χ1v) is 17.1. The number of hydrogen-bond acceptors (Lipinski definition) is 8. The van der Waals surface area contributed by atoms with Gasteiger partial charge in [0.2, 0.25) is 11.8 Å². The molecule has 1 fully saturated rings. The molecule has 10 nitrogen and oxygen atoms in total. The van der Waals surface area contributed by atoms with Gasteiger partial charge in [-0.1, -0.05) is 41.4 Å². The Morgan fingerprint density at radius 3 is 2.49 bits per heavy atom. The lowest BCUT2D eigenvalue weighted by molar-refractivity contribution is -0.209. The summed E-state index contributed by atoms with van der Waals surface area (Å²) in [5, 5.41) is 39.9. The minimum atomic E-state index is -1.35. The van der Waals surface area contributed by atoms with Gasteiger partial charge in [-0.05, 0) is 81.5 Å². The van der Waals surface area contributed by atoms with Gasteiger partial charge in [0.1, 0.15) is 41.8 Å². The third kappa shape index (κ3) is 11.3. The molecule has 5 N–H and O–H groups in total. The smallest absolute Gasteiger partial charge is 0.245 e. The Hall–Kier alpha value is -3.46. The lowest BCUT2D eigenvalue weighted by atomic mass is 9.89. The molecular formula is C36H49N3O7S. The summed E-state index contributed by atoms with van der Waals surface area (Å²) in [6.07, 6.45) is 3.84. The monoisotopic (exact) mass is 667 g/mol. The maximum absolute atomic E-state index is 12.5. The summed E-state index contributed by atoms with van der Waals surface area (Å²) >= 11 is 1.26. The van der Waals surface area contributed by atoms with Gasteiger partial charge in [-0.2, -0.15) is 0 Å². The molecule has 5 atom stereocenters. The summed E-state index contributed by atoms with van der Waals surface area (Å²) < 4.78 is 11.8. The number of hydrogen-bond donors (Lipinski definition) is 5. The van der Waals surface area contributed by atoms with E-state index in [1.165, 1.54) is 11.2 Å². The second-order valence-corrected chi connectivity index (χ2v) is 13.1.